The number of aliphatic hydroxyl groups is 1. The van der Waals surface area contributed by atoms with Gasteiger partial charge >= 0.3 is 0 Å². The maximum atomic E-state index is 14.3. The number of nitrogens with one attached hydrogen (secondary N) is 2. The molecule has 12 heteroatoms. The van der Waals surface area contributed by atoms with Crippen LogP contribution in [0.4, 0.5) is 5.82 Å². The minimum atomic E-state index is -0.848. The monoisotopic (exact) mass is 660 g/mol. The van der Waals surface area contributed by atoms with E-state index >= 15 is 0 Å². The Morgan fingerprint density at radius 1 is 1.14 bits per heavy atom. The number of pyridine rings is 1. The molecule has 4 atom stereocenters. The summed E-state index contributed by atoms with van der Waals surface area (Å²) in [6.07, 6.45) is 5.06. The van der Waals surface area contributed by atoms with E-state index < -0.39 is 12.1 Å². The first kappa shape index (κ1) is 30.3. The van der Waals surface area contributed by atoms with Crippen molar-refractivity contribution in [2.24, 2.45) is 5.41 Å². The Labute approximate surface area is 264 Å². The lowest BCUT2D eigenvalue weighted by atomic mass is 9.64. The van der Waals surface area contributed by atoms with E-state index in [0.29, 0.717) is 28.4 Å². The smallest absolute Gasteiger partial charge is 0.248 e. The summed E-state index contributed by atoms with van der Waals surface area (Å²) >= 11 is 3.39. The lowest BCUT2D eigenvalue weighted by molar-refractivity contribution is -0.141. The zero-order chi connectivity index (χ0) is 31.3. The summed E-state index contributed by atoms with van der Waals surface area (Å²) in [5.41, 5.74) is 4.61. The number of rotatable bonds is 8. The van der Waals surface area contributed by atoms with Crippen LogP contribution in [0, 0.1) is 26.2 Å². The number of anilines is 1. The number of hydrogen-bond donors (Lipinski definition) is 3. The Kier molecular flexibility index (Phi) is 8.02. The number of likely N-dealkylation sites (tertiary alicyclic amines) is 1. The maximum absolute atomic E-state index is 14.3. The number of nitrogens with zero attached hydrogens (tertiary/aromatic N) is 6. The maximum Gasteiger partial charge on any atom is 0.248 e. The van der Waals surface area contributed by atoms with E-state index in [1.54, 1.807) is 28.9 Å². The van der Waals surface area contributed by atoms with Crippen molar-refractivity contribution in [3.8, 4) is 11.1 Å². The minimum absolute atomic E-state index is 0.0536. The lowest BCUT2D eigenvalue weighted by Gasteiger charge is -2.47. The summed E-state index contributed by atoms with van der Waals surface area (Å²) in [4.78, 5) is 43.0. The molecule has 1 unspecified atom stereocenters. The van der Waals surface area contributed by atoms with E-state index in [1.165, 1.54) is 0 Å². The number of halogens is 1. The molecule has 2 aliphatic rings. The summed E-state index contributed by atoms with van der Waals surface area (Å²) in [5.74, 6) is 0.741. The fourth-order valence-electron chi connectivity index (χ4n) is 6.98. The van der Waals surface area contributed by atoms with E-state index in [0.717, 1.165) is 52.5 Å². The van der Waals surface area contributed by atoms with Crippen LogP contribution < -0.4 is 10.6 Å². The van der Waals surface area contributed by atoms with E-state index in [2.05, 4.69) is 41.5 Å². The molecule has 6 rings (SSSR count). The molecule has 1 aliphatic carbocycles. The van der Waals surface area contributed by atoms with Gasteiger partial charge in [0, 0.05) is 41.3 Å². The molecule has 1 aliphatic heterocycles. The van der Waals surface area contributed by atoms with Gasteiger partial charge in [0.2, 0.25) is 11.8 Å². The van der Waals surface area contributed by atoms with Crippen LogP contribution in [0.2, 0.25) is 0 Å². The van der Waals surface area contributed by atoms with Crippen molar-refractivity contribution >= 4 is 44.5 Å². The van der Waals surface area contributed by atoms with Crippen molar-refractivity contribution in [1.29, 1.82) is 0 Å². The first-order chi connectivity index (χ1) is 21.0. The van der Waals surface area contributed by atoms with Crippen molar-refractivity contribution in [3.63, 3.8) is 0 Å². The Bertz CT molecular complexity index is 1750. The van der Waals surface area contributed by atoms with Crippen LogP contribution in [0.15, 0.2) is 41.3 Å². The quantitative estimate of drug-likeness (QED) is 0.239. The van der Waals surface area contributed by atoms with Crippen LogP contribution in [-0.4, -0.2) is 72.2 Å². The van der Waals surface area contributed by atoms with Crippen LogP contribution in [0.5, 0.6) is 0 Å². The van der Waals surface area contributed by atoms with Gasteiger partial charge in [-0.3, -0.25) is 14.3 Å². The summed E-state index contributed by atoms with van der Waals surface area (Å²) < 4.78 is 2.30. The number of aromatic nitrogens is 5. The number of aliphatic hydroxyl groups excluding tert-OH is 1. The zero-order valence-electron chi connectivity index (χ0n) is 25.6. The SMILES string of the molecule is CNC[C@]12CC[C@H]1N(C(=O)Cn1nc(C(C)O)c3cc(-c4cnc(C)nc4)cc(C)c31)[C@H](C(=O)Nc1nc(Br)ccc1C)C2. The molecule has 0 spiro atoms. The van der Waals surface area contributed by atoms with Crippen molar-refractivity contribution in [2.75, 3.05) is 18.9 Å². The molecule has 1 saturated carbocycles. The van der Waals surface area contributed by atoms with Gasteiger partial charge in [0.05, 0.1) is 17.3 Å². The third-order valence-corrected chi connectivity index (χ3v) is 9.62. The molecule has 3 N–H and O–H groups in total. The highest BCUT2D eigenvalue weighted by Crippen LogP contribution is 2.54. The Morgan fingerprint density at radius 2 is 1.89 bits per heavy atom. The molecule has 44 heavy (non-hydrogen) atoms. The summed E-state index contributed by atoms with van der Waals surface area (Å²) in [5, 5.41) is 22.5. The van der Waals surface area contributed by atoms with Crippen molar-refractivity contribution in [2.45, 2.75) is 71.7 Å². The predicted octanol–water partition coefficient (Wildman–Crippen LogP) is 4.24. The van der Waals surface area contributed by atoms with Crippen LogP contribution in [-0.2, 0) is 16.1 Å². The molecular formula is C32H37BrN8O3. The minimum Gasteiger partial charge on any atom is -0.387 e. The third-order valence-electron chi connectivity index (χ3n) is 9.18. The second-order valence-corrected chi connectivity index (χ2v) is 13.0. The Hall–Kier alpha value is -3.74. The summed E-state index contributed by atoms with van der Waals surface area (Å²) in [6.45, 7) is 8.04. The van der Waals surface area contributed by atoms with Gasteiger partial charge in [-0.05, 0) is 105 Å². The van der Waals surface area contributed by atoms with Gasteiger partial charge in [0.1, 0.15) is 28.8 Å². The van der Waals surface area contributed by atoms with Gasteiger partial charge in [-0.15, -0.1) is 0 Å². The number of amides is 2. The molecular weight excluding hydrogens is 624 g/mol. The molecule has 1 saturated heterocycles. The highest BCUT2D eigenvalue weighted by atomic mass is 79.9. The number of carbonyl (C=O) groups is 2. The van der Waals surface area contributed by atoms with Crippen molar-refractivity contribution < 1.29 is 14.7 Å². The highest BCUT2D eigenvalue weighted by Gasteiger charge is 2.60. The largest absolute Gasteiger partial charge is 0.387 e. The average molecular weight is 662 g/mol. The summed E-state index contributed by atoms with van der Waals surface area (Å²) in [7, 11) is 1.91. The molecule has 230 valence electrons. The van der Waals surface area contributed by atoms with Crippen LogP contribution in [0.1, 0.15) is 54.9 Å². The first-order valence-corrected chi connectivity index (χ1v) is 15.7. The molecule has 4 aromatic rings. The molecule has 1 aromatic carbocycles. The molecule has 11 nitrogen and oxygen atoms in total. The normalized spacial score (nSPS) is 21.7. The lowest BCUT2D eigenvalue weighted by Crippen LogP contribution is -2.55. The van der Waals surface area contributed by atoms with Crippen molar-refractivity contribution in [3.05, 3.63) is 63.9 Å². The molecule has 2 amide bonds. The molecule has 0 bridgehead atoms. The van der Waals surface area contributed by atoms with Gasteiger partial charge in [0.15, 0.2) is 0 Å². The first-order valence-electron chi connectivity index (χ1n) is 14.9. The van der Waals surface area contributed by atoms with Crippen LogP contribution in [0.25, 0.3) is 22.0 Å². The second-order valence-electron chi connectivity index (χ2n) is 12.2. The van der Waals surface area contributed by atoms with Gasteiger partial charge in [-0.1, -0.05) is 6.07 Å². The highest BCUT2D eigenvalue weighted by molar-refractivity contribution is 9.10. The number of hydrogen-bond acceptors (Lipinski definition) is 8. The Balaban J connectivity index is 1.35. The fraction of sp³-hybridized carbons (Fsp3) is 0.438. The van der Waals surface area contributed by atoms with E-state index in [4.69, 9.17) is 5.10 Å². The molecule has 4 heterocycles. The van der Waals surface area contributed by atoms with Gasteiger partial charge < -0.3 is 20.6 Å². The number of benzene rings is 1. The molecule has 0 radical (unpaired) electrons. The molecule has 3 aromatic heterocycles. The third kappa shape index (κ3) is 5.28. The fourth-order valence-corrected chi connectivity index (χ4v) is 7.29. The molecule has 2 fully saturated rings. The van der Waals surface area contributed by atoms with E-state index in [9.17, 15) is 14.7 Å². The zero-order valence-corrected chi connectivity index (χ0v) is 27.1. The van der Waals surface area contributed by atoms with E-state index in [-0.39, 0.29) is 29.8 Å². The number of carbonyl (C=O) groups excluding carboxylic acids is 2. The van der Waals surface area contributed by atoms with Crippen molar-refractivity contribution in [1.82, 2.24) is 34.9 Å². The van der Waals surface area contributed by atoms with E-state index in [1.807, 2.05) is 52.1 Å². The van der Waals surface area contributed by atoms with Crippen LogP contribution >= 0.6 is 15.9 Å². The Morgan fingerprint density at radius 3 is 2.55 bits per heavy atom. The number of fused-ring (bicyclic) bond motifs is 2. The van der Waals surface area contributed by atoms with Gasteiger partial charge in [-0.2, -0.15) is 5.10 Å². The number of aryl methyl sites for hydroxylation is 3. The summed E-state index contributed by atoms with van der Waals surface area (Å²) in [6, 6.07) is 7.01. The van der Waals surface area contributed by atoms with Crippen LogP contribution in [0.3, 0.4) is 0 Å². The average Bonchev–Trinajstić information content (AvgIpc) is 3.44. The topological polar surface area (TPSA) is 138 Å². The predicted molar refractivity (Wildman–Crippen MR) is 171 cm³/mol. The standard InChI is InChI=1S/C32H37BrN8O3/c1-17-6-7-26(33)37-30(17)38-31(44)24-12-32(16-34-5)9-8-25(32)41(24)27(43)15-40-29-18(2)10-21(22-13-35-20(4)36-14-22)11-23(29)28(39-40)19(3)42/h6-7,10-11,13-14,19,24-25,34,42H,8-9,12,15-16H2,1-5H3,(H,37,38,44)/t19?,24-,25+,32+/m0/s1. The van der Waals surface area contributed by atoms with Gasteiger partial charge in [-0.25, -0.2) is 15.0 Å². The van der Waals surface area contributed by atoms with Gasteiger partial charge in [0.25, 0.3) is 0 Å². The second kappa shape index (κ2) is 11.6.